The summed E-state index contributed by atoms with van der Waals surface area (Å²) in [5.41, 5.74) is 0.866. The minimum absolute atomic E-state index is 0.0407. The number of halogens is 2. The van der Waals surface area contributed by atoms with Gasteiger partial charge in [-0.1, -0.05) is 47.5 Å². The number of rotatable bonds is 6. The molecule has 130 valence electrons. The largest absolute Gasteiger partial charge is 0.492 e. The fourth-order valence-corrected chi connectivity index (χ4v) is 3.05. The van der Waals surface area contributed by atoms with Crippen molar-refractivity contribution in [1.29, 1.82) is 0 Å². The number of carbonyl (C=O) groups excluding carboxylic acids is 1. The molecule has 0 N–H and O–H groups in total. The molecule has 0 saturated heterocycles. The van der Waals surface area contributed by atoms with E-state index in [1.807, 2.05) is 36.4 Å². The molecule has 0 saturated carbocycles. The third-order valence-corrected chi connectivity index (χ3v) is 4.40. The molecule has 4 nitrogen and oxygen atoms in total. The van der Waals surface area contributed by atoms with Crippen molar-refractivity contribution in [2.24, 2.45) is 4.99 Å². The van der Waals surface area contributed by atoms with E-state index in [0.717, 1.165) is 5.56 Å². The number of nitrogens with zero attached hydrogens (tertiary/aromatic N) is 2. The second kappa shape index (κ2) is 8.37. The van der Waals surface area contributed by atoms with Gasteiger partial charge in [-0.15, -0.1) is 0 Å². The third kappa shape index (κ3) is 4.53. The number of benzene rings is 2. The van der Waals surface area contributed by atoms with Crippen LogP contribution in [0.2, 0.25) is 10.0 Å². The molecular weight excluding hydrogens is 359 g/mol. The molecule has 0 fully saturated rings. The average molecular weight is 377 g/mol. The second-order valence-corrected chi connectivity index (χ2v) is 6.49. The molecule has 1 aliphatic rings. The predicted molar refractivity (Wildman–Crippen MR) is 101 cm³/mol. The van der Waals surface area contributed by atoms with Crippen LogP contribution in [0.3, 0.4) is 0 Å². The van der Waals surface area contributed by atoms with Gasteiger partial charge in [-0.25, -0.2) is 0 Å². The Morgan fingerprint density at radius 3 is 2.80 bits per heavy atom. The van der Waals surface area contributed by atoms with Crippen molar-refractivity contribution in [3.63, 3.8) is 0 Å². The molecule has 0 aliphatic carbocycles. The van der Waals surface area contributed by atoms with E-state index in [9.17, 15) is 4.79 Å². The van der Waals surface area contributed by atoms with Gasteiger partial charge in [0.25, 0.3) is 0 Å². The van der Waals surface area contributed by atoms with Crippen LogP contribution in [-0.2, 0) is 4.79 Å². The van der Waals surface area contributed by atoms with Crippen LogP contribution in [-0.4, -0.2) is 36.3 Å². The molecule has 1 amide bonds. The van der Waals surface area contributed by atoms with Crippen molar-refractivity contribution in [3.05, 3.63) is 64.1 Å². The summed E-state index contributed by atoms with van der Waals surface area (Å²) in [6.45, 7) is 1.66. The number of amidine groups is 1. The summed E-state index contributed by atoms with van der Waals surface area (Å²) in [6.07, 6.45) is 1.01. The number of aliphatic imine (C=N–C) groups is 1. The number of hydrogen-bond acceptors (Lipinski definition) is 3. The Morgan fingerprint density at radius 1 is 1.16 bits per heavy atom. The smallest absolute Gasteiger partial charge is 0.228 e. The Hall–Kier alpha value is -2.04. The van der Waals surface area contributed by atoms with Crippen LogP contribution < -0.4 is 4.74 Å². The van der Waals surface area contributed by atoms with E-state index in [1.54, 1.807) is 17.0 Å². The van der Waals surface area contributed by atoms with Gasteiger partial charge in [0, 0.05) is 23.6 Å². The Balaban J connectivity index is 1.53. The van der Waals surface area contributed by atoms with Crippen molar-refractivity contribution in [2.75, 3.05) is 19.7 Å². The lowest BCUT2D eigenvalue weighted by Gasteiger charge is -2.19. The van der Waals surface area contributed by atoms with Crippen LogP contribution in [0.5, 0.6) is 5.75 Å². The highest BCUT2D eigenvalue weighted by Crippen LogP contribution is 2.23. The molecule has 2 aromatic rings. The van der Waals surface area contributed by atoms with Crippen LogP contribution in [0.25, 0.3) is 0 Å². The lowest BCUT2D eigenvalue weighted by molar-refractivity contribution is -0.127. The predicted octanol–water partition coefficient (Wildman–Crippen LogP) is 4.44. The van der Waals surface area contributed by atoms with E-state index < -0.39 is 0 Å². The van der Waals surface area contributed by atoms with Gasteiger partial charge in [0.15, 0.2) is 0 Å². The molecule has 6 heteroatoms. The van der Waals surface area contributed by atoms with E-state index in [2.05, 4.69) is 4.99 Å². The number of amides is 1. The summed E-state index contributed by atoms with van der Waals surface area (Å²) < 4.78 is 5.63. The average Bonchev–Trinajstić information content (AvgIpc) is 3.10. The van der Waals surface area contributed by atoms with Gasteiger partial charge in [0.2, 0.25) is 5.91 Å². The van der Waals surface area contributed by atoms with E-state index in [-0.39, 0.29) is 5.91 Å². The molecule has 0 atom stereocenters. The van der Waals surface area contributed by atoms with Crippen LogP contribution in [0, 0.1) is 0 Å². The second-order valence-electron chi connectivity index (χ2n) is 5.64. The molecule has 0 spiro atoms. The van der Waals surface area contributed by atoms with Crippen molar-refractivity contribution < 1.29 is 9.53 Å². The van der Waals surface area contributed by atoms with Crippen LogP contribution >= 0.6 is 23.2 Å². The van der Waals surface area contributed by atoms with Gasteiger partial charge in [0.05, 0.1) is 18.2 Å². The zero-order valence-corrected chi connectivity index (χ0v) is 15.1. The Labute approximate surface area is 157 Å². The van der Waals surface area contributed by atoms with Crippen molar-refractivity contribution in [2.45, 2.75) is 12.8 Å². The van der Waals surface area contributed by atoms with Crippen molar-refractivity contribution >= 4 is 34.9 Å². The monoisotopic (exact) mass is 376 g/mol. The molecule has 0 bridgehead atoms. The minimum Gasteiger partial charge on any atom is -0.492 e. The number of para-hydroxylation sites is 1. The van der Waals surface area contributed by atoms with Gasteiger partial charge >= 0.3 is 0 Å². The van der Waals surface area contributed by atoms with Crippen LogP contribution in [0.4, 0.5) is 0 Å². The maximum atomic E-state index is 12.5. The van der Waals surface area contributed by atoms with E-state index in [1.165, 1.54) is 0 Å². The molecule has 0 unspecified atom stereocenters. The van der Waals surface area contributed by atoms with Gasteiger partial charge in [-0.3, -0.25) is 14.7 Å². The SMILES string of the molecule is O=C(CCCOc1ccccc1Cl)N1CCN=C1c1cccc(Cl)c1. The zero-order chi connectivity index (χ0) is 17.6. The van der Waals surface area contributed by atoms with E-state index in [4.69, 9.17) is 27.9 Å². The third-order valence-electron chi connectivity index (χ3n) is 3.85. The lowest BCUT2D eigenvalue weighted by atomic mass is 10.2. The summed E-state index contributed by atoms with van der Waals surface area (Å²) >= 11 is 12.1. The number of hydrogen-bond donors (Lipinski definition) is 0. The first kappa shape index (κ1) is 17.8. The summed E-state index contributed by atoms with van der Waals surface area (Å²) in [6, 6.07) is 14.7. The normalized spacial score (nSPS) is 13.7. The van der Waals surface area contributed by atoms with Gasteiger partial charge in [0.1, 0.15) is 11.6 Å². The fourth-order valence-electron chi connectivity index (χ4n) is 2.67. The van der Waals surface area contributed by atoms with E-state index >= 15 is 0 Å². The summed E-state index contributed by atoms with van der Waals surface area (Å²) in [5, 5.41) is 1.20. The number of carbonyl (C=O) groups is 1. The zero-order valence-electron chi connectivity index (χ0n) is 13.6. The Kier molecular flexibility index (Phi) is 5.95. The minimum atomic E-state index is 0.0407. The topological polar surface area (TPSA) is 41.9 Å². The molecule has 2 aromatic carbocycles. The van der Waals surface area contributed by atoms with Gasteiger partial charge < -0.3 is 4.74 Å². The highest BCUT2D eigenvalue weighted by atomic mass is 35.5. The fraction of sp³-hybridized carbons (Fsp3) is 0.263. The highest BCUT2D eigenvalue weighted by molar-refractivity contribution is 6.32. The van der Waals surface area contributed by atoms with Gasteiger partial charge in [-0.05, 0) is 30.7 Å². The molecule has 0 radical (unpaired) electrons. The van der Waals surface area contributed by atoms with Crippen molar-refractivity contribution in [1.82, 2.24) is 4.90 Å². The first-order chi connectivity index (χ1) is 12.1. The Morgan fingerprint density at radius 2 is 2.00 bits per heavy atom. The molecule has 3 rings (SSSR count). The summed E-state index contributed by atoms with van der Waals surface area (Å²) in [5.74, 6) is 1.37. The number of ether oxygens (including phenoxy) is 1. The van der Waals surface area contributed by atoms with Gasteiger partial charge in [-0.2, -0.15) is 0 Å². The lowest BCUT2D eigenvalue weighted by Crippen LogP contribution is -2.34. The van der Waals surface area contributed by atoms with Crippen molar-refractivity contribution in [3.8, 4) is 5.75 Å². The Bertz CT molecular complexity index is 792. The summed E-state index contributed by atoms with van der Waals surface area (Å²) in [4.78, 5) is 18.7. The van der Waals surface area contributed by atoms with Crippen LogP contribution in [0.15, 0.2) is 53.5 Å². The van der Waals surface area contributed by atoms with Crippen LogP contribution in [0.1, 0.15) is 18.4 Å². The highest BCUT2D eigenvalue weighted by Gasteiger charge is 2.24. The molecule has 1 heterocycles. The quantitative estimate of drug-likeness (QED) is 0.699. The maximum Gasteiger partial charge on any atom is 0.228 e. The first-order valence-electron chi connectivity index (χ1n) is 8.13. The maximum absolute atomic E-state index is 12.5. The molecule has 0 aromatic heterocycles. The molecule has 25 heavy (non-hydrogen) atoms. The first-order valence-corrected chi connectivity index (χ1v) is 8.89. The molecular formula is C19H18Cl2N2O2. The standard InChI is InChI=1S/C19H18Cl2N2O2/c20-15-6-3-5-14(13-15)19-22-10-11-23(19)18(24)9-4-12-25-17-8-2-1-7-16(17)21/h1-3,5-8,13H,4,9-12H2. The summed E-state index contributed by atoms with van der Waals surface area (Å²) in [7, 11) is 0. The molecule has 1 aliphatic heterocycles. The van der Waals surface area contributed by atoms with E-state index in [0.29, 0.717) is 54.2 Å².